The molecule has 3 aromatic rings. The van der Waals surface area contributed by atoms with E-state index in [2.05, 4.69) is 20.5 Å². The van der Waals surface area contributed by atoms with Crippen LogP contribution in [0.5, 0.6) is 0 Å². The second-order valence-corrected chi connectivity index (χ2v) is 8.43. The number of hydrogen-bond donors (Lipinski definition) is 2. The summed E-state index contributed by atoms with van der Waals surface area (Å²) in [6.07, 6.45) is 5.21. The van der Waals surface area contributed by atoms with Gasteiger partial charge in [-0.15, -0.1) is 0 Å². The summed E-state index contributed by atoms with van der Waals surface area (Å²) in [4.78, 5) is 17.3. The number of aromatic amines is 1. The Balaban J connectivity index is 1.30. The quantitative estimate of drug-likeness (QED) is 0.680. The number of anilines is 1. The van der Waals surface area contributed by atoms with Crippen molar-refractivity contribution in [3.8, 4) is 11.3 Å². The molecule has 0 radical (unpaired) electrons. The van der Waals surface area contributed by atoms with Gasteiger partial charge in [-0.2, -0.15) is 5.10 Å². The number of carbonyl (C=O) groups is 1. The number of halogens is 1. The summed E-state index contributed by atoms with van der Waals surface area (Å²) < 4.78 is 13.6. The third-order valence-electron chi connectivity index (χ3n) is 6.48. The van der Waals surface area contributed by atoms with Crippen molar-refractivity contribution in [1.29, 1.82) is 0 Å². The average molecular weight is 390 g/mol. The van der Waals surface area contributed by atoms with Crippen LogP contribution in [0.3, 0.4) is 0 Å². The number of amides is 1. The Labute approximate surface area is 168 Å². The molecule has 5 nitrogen and oxygen atoms in total. The third kappa shape index (κ3) is 3.12. The van der Waals surface area contributed by atoms with Crippen LogP contribution >= 0.6 is 0 Å². The van der Waals surface area contributed by atoms with Crippen LogP contribution in [-0.2, 0) is 11.2 Å². The summed E-state index contributed by atoms with van der Waals surface area (Å²) in [5.41, 5.74) is 6.74. The van der Waals surface area contributed by atoms with Crippen molar-refractivity contribution >= 4 is 11.6 Å². The molecule has 29 heavy (non-hydrogen) atoms. The Kier molecular flexibility index (Phi) is 4.05. The molecule has 2 aromatic heterocycles. The highest BCUT2D eigenvalue weighted by Gasteiger charge is 2.54. The highest BCUT2D eigenvalue weighted by atomic mass is 19.1. The average Bonchev–Trinajstić information content (AvgIpc) is 3.30. The van der Waals surface area contributed by atoms with E-state index >= 15 is 0 Å². The van der Waals surface area contributed by atoms with Gasteiger partial charge >= 0.3 is 0 Å². The van der Waals surface area contributed by atoms with Crippen molar-refractivity contribution in [3.63, 3.8) is 0 Å². The molecule has 5 rings (SSSR count). The molecule has 1 fully saturated rings. The van der Waals surface area contributed by atoms with Crippen LogP contribution in [0.25, 0.3) is 11.3 Å². The maximum Gasteiger partial charge on any atom is 0.225 e. The molecular weight excluding hydrogens is 367 g/mol. The number of fused-ring (bicyclic) bond motifs is 1. The maximum absolute atomic E-state index is 13.6. The van der Waals surface area contributed by atoms with Crippen LogP contribution in [0.15, 0.2) is 36.5 Å². The zero-order valence-corrected chi connectivity index (χ0v) is 16.6. The zero-order valence-electron chi connectivity index (χ0n) is 16.6. The van der Waals surface area contributed by atoms with Gasteiger partial charge in [-0.1, -0.05) is 6.07 Å². The van der Waals surface area contributed by atoms with Gasteiger partial charge in [-0.05, 0) is 79.8 Å². The molecule has 2 aliphatic carbocycles. The van der Waals surface area contributed by atoms with E-state index in [9.17, 15) is 9.18 Å². The van der Waals surface area contributed by atoms with Gasteiger partial charge in [0.1, 0.15) is 5.82 Å². The summed E-state index contributed by atoms with van der Waals surface area (Å²) in [5.74, 6) is -0.0517. The topological polar surface area (TPSA) is 70.7 Å². The normalized spacial score (nSPS) is 18.7. The molecule has 1 unspecified atom stereocenters. The summed E-state index contributed by atoms with van der Waals surface area (Å²) in [6.45, 7) is 3.90. The maximum atomic E-state index is 13.6. The van der Waals surface area contributed by atoms with Crippen LogP contribution in [0.1, 0.15) is 47.7 Å². The van der Waals surface area contributed by atoms with Gasteiger partial charge in [0.05, 0.1) is 23.3 Å². The fourth-order valence-corrected chi connectivity index (χ4v) is 4.85. The Hall–Kier alpha value is -3.02. The standard InChI is InChI=1S/C23H23FN4O/c1-13-22(14(2)28-27-13)20-6-4-17(12-25-20)26-21(29)10-19-18-5-3-16(24)9-15(18)11-23(19)7-8-23/h3-6,9,12,19H,7-8,10-11H2,1-2H3,(H,26,29)(H,27,28). The van der Waals surface area contributed by atoms with E-state index < -0.39 is 0 Å². The van der Waals surface area contributed by atoms with Crippen molar-refractivity contribution < 1.29 is 9.18 Å². The van der Waals surface area contributed by atoms with E-state index in [1.54, 1.807) is 12.3 Å². The highest BCUT2D eigenvalue weighted by molar-refractivity contribution is 5.91. The van der Waals surface area contributed by atoms with Crippen molar-refractivity contribution in [1.82, 2.24) is 15.2 Å². The van der Waals surface area contributed by atoms with Crippen LogP contribution in [-0.4, -0.2) is 21.1 Å². The van der Waals surface area contributed by atoms with E-state index in [-0.39, 0.29) is 23.1 Å². The summed E-state index contributed by atoms with van der Waals surface area (Å²) in [7, 11) is 0. The molecule has 148 valence electrons. The molecule has 1 aromatic carbocycles. The van der Waals surface area contributed by atoms with Crippen molar-refractivity contribution in [2.75, 3.05) is 5.32 Å². The molecule has 2 aliphatic rings. The molecule has 1 spiro atoms. The van der Waals surface area contributed by atoms with Crippen molar-refractivity contribution in [2.24, 2.45) is 5.41 Å². The Morgan fingerprint density at radius 1 is 1.28 bits per heavy atom. The predicted octanol–water partition coefficient (Wildman–Crippen LogP) is 4.68. The highest BCUT2D eigenvalue weighted by Crippen LogP contribution is 2.64. The minimum absolute atomic E-state index is 0.0244. The van der Waals surface area contributed by atoms with Crippen LogP contribution in [0.2, 0.25) is 0 Å². The van der Waals surface area contributed by atoms with Gasteiger partial charge in [0.25, 0.3) is 0 Å². The number of aromatic nitrogens is 3. The summed E-state index contributed by atoms with van der Waals surface area (Å²) in [5, 5.41) is 10.1. The first-order valence-corrected chi connectivity index (χ1v) is 10.0. The van der Waals surface area contributed by atoms with E-state index in [1.807, 2.05) is 32.0 Å². The number of H-pyrrole nitrogens is 1. The van der Waals surface area contributed by atoms with Gasteiger partial charge in [0.2, 0.25) is 5.91 Å². The van der Waals surface area contributed by atoms with Crippen molar-refractivity contribution in [3.05, 3.63) is 64.9 Å². The van der Waals surface area contributed by atoms with Crippen LogP contribution < -0.4 is 5.32 Å². The Morgan fingerprint density at radius 2 is 2.10 bits per heavy atom. The number of pyridine rings is 1. The minimum Gasteiger partial charge on any atom is -0.325 e. The molecule has 0 saturated heterocycles. The first-order valence-electron chi connectivity index (χ1n) is 10.0. The second kappa shape index (κ2) is 6.51. The van der Waals surface area contributed by atoms with Gasteiger partial charge in [-0.3, -0.25) is 14.9 Å². The van der Waals surface area contributed by atoms with Gasteiger partial charge in [0, 0.05) is 17.7 Å². The SMILES string of the molecule is Cc1n[nH]c(C)c1-c1ccc(NC(=O)CC2c3ccc(F)cc3CC23CC3)cn1. The smallest absolute Gasteiger partial charge is 0.225 e. The number of benzene rings is 1. The molecule has 1 amide bonds. The lowest BCUT2D eigenvalue weighted by molar-refractivity contribution is -0.116. The first-order chi connectivity index (χ1) is 13.9. The van der Waals surface area contributed by atoms with Crippen LogP contribution in [0.4, 0.5) is 10.1 Å². The number of nitrogens with one attached hydrogen (secondary N) is 2. The fraction of sp³-hybridized carbons (Fsp3) is 0.348. The number of hydrogen-bond acceptors (Lipinski definition) is 3. The monoisotopic (exact) mass is 390 g/mol. The number of rotatable bonds is 4. The Bertz CT molecular complexity index is 1080. The van der Waals surface area contributed by atoms with Crippen molar-refractivity contribution in [2.45, 2.75) is 45.4 Å². The molecule has 2 heterocycles. The molecule has 0 aliphatic heterocycles. The summed E-state index contributed by atoms with van der Waals surface area (Å²) in [6, 6.07) is 8.78. The van der Waals surface area contributed by atoms with E-state index in [1.165, 1.54) is 6.07 Å². The summed E-state index contributed by atoms with van der Waals surface area (Å²) >= 11 is 0. The first kappa shape index (κ1) is 18.0. The van der Waals surface area contributed by atoms with Crippen LogP contribution in [0, 0.1) is 25.1 Å². The molecule has 2 N–H and O–H groups in total. The molecule has 6 heteroatoms. The molecule has 1 atom stereocenters. The zero-order chi connectivity index (χ0) is 20.2. The minimum atomic E-state index is -0.195. The van der Waals surface area contributed by atoms with E-state index in [0.717, 1.165) is 53.0 Å². The lowest BCUT2D eigenvalue weighted by Crippen LogP contribution is -2.19. The second-order valence-electron chi connectivity index (χ2n) is 8.43. The number of carbonyl (C=O) groups excluding carboxylic acids is 1. The lowest BCUT2D eigenvalue weighted by Gasteiger charge is -2.19. The molecular formula is C23H23FN4O. The number of aryl methyl sites for hydroxylation is 2. The fourth-order valence-electron chi connectivity index (χ4n) is 4.85. The Morgan fingerprint density at radius 3 is 2.76 bits per heavy atom. The third-order valence-corrected chi connectivity index (χ3v) is 6.48. The van der Waals surface area contributed by atoms with E-state index in [0.29, 0.717) is 12.1 Å². The lowest BCUT2D eigenvalue weighted by atomic mass is 9.86. The largest absolute Gasteiger partial charge is 0.325 e. The number of nitrogens with zero attached hydrogens (tertiary/aromatic N) is 2. The van der Waals surface area contributed by atoms with E-state index in [4.69, 9.17) is 0 Å². The van der Waals surface area contributed by atoms with Gasteiger partial charge < -0.3 is 5.32 Å². The predicted molar refractivity (Wildman–Crippen MR) is 109 cm³/mol. The van der Waals surface area contributed by atoms with Gasteiger partial charge in [0.15, 0.2) is 0 Å². The molecule has 1 saturated carbocycles. The van der Waals surface area contributed by atoms with Gasteiger partial charge in [-0.25, -0.2) is 4.39 Å². The molecule has 0 bridgehead atoms.